The lowest BCUT2D eigenvalue weighted by molar-refractivity contribution is -0.116. The molecule has 0 saturated carbocycles. The second-order valence-electron chi connectivity index (χ2n) is 3.74. The highest BCUT2D eigenvalue weighted by molar-refractivity contribution is 9.09. The quantitative estimate of drug-likeness (QED) is 0.346. The van der Waals surface area contributed by atoms with Crippen molar-refractivity contribution in [2.45, 2.75) is 32.6 Å². The number of hydrogen-bond donors (Lipinski definition) is 0. The van der Waals surface area contributed by atoms with Gasteiger partial charge in [0.1, 0.15) is 5.78 Å². The zero-order chi connectivity index (χ0) is 16.4. The van der Waals surface area contributed by atoms with E-state index in [-0.39, 0.29) is 5.56 Å². The minimum atomic E-state index is -4.67. The molecule has 1 unspecified atom stereocenters. The van der Waals surface area contributed by atoms with E-state index in [0.717, 1.165) is 25.1 Å². The number of carbonyl (C=O) groups is 1. The van der Waals surface area contributed by atoms with Crippen LogP contribution in [0.2, 0.25) is 0 Å². The van der Waals surface area contributed by atoms with Gasteiger partial charge >= 0.3 is 11.0 Å². The zero-order valence-corrected chi connectivity index (χ0v) is 13.4. The van der Waals surface area contributed by atoms with Crippen LogP contribution in [0.3, 0.4) is 0 Å². The van der Waals surface area contributed by atoms with Crippen LogP contribution in [-0.2, 0) is 4.79 Å². The molecule has 0 aliphatic carbocycles. The summed E-state index contributed by atoms with van der Waals surface area (Å²) in [5.74, 6) is -0.589. The average Bonchev–Trinajstić information content (AvgIpc) is 2.23. The Labute approximate surface area is 133 Å². The van der Waals surface area contributed by atoms with E-state index in [9.17, 15) is 31.1 Å². The predicted molar refractivity (Wildman–Crippen MR) is 72.6 cm³/mol. The number of Topliss-reactive ketones (excluding diaryl/α,β-unsaturated/α-hetero) is 1. The first-order chi connectivity index (χ1) is 9.41. The Kier molecular flexibility index (Phi) is 6.08. The van der Waals surface area contributed by atoms with Crippen molar-refractivity contribution in [1.82, 2.24) is 0 Å². The highest BCUT2D eigenvalue weighted by atomic mass is 79.9. The van der Waals surface area contributed by atoms with Gasteiger partial charge in [-0.25, -0.2) is 0 Å². The van der Waals surface area contributed by atoms with E-state index in [2.05, 4.69) is 15.9 Å². The van der Waals surface area contributed by atoms with E-state index >= 15 is 0 Å². The Morgan fingerprint density at radius 2 is 1.43 bits per heavy atom. The van der Waals surface area contributed by atoms with Crippen LogP contribution in [0.1, 0.15) is 17.3 Å². The maximum absolute atomic E-state index is 12.5. The van der Waals surface area contributed by atoms with Crippen LogP contribution in [0.25, 0.3) is 0 Å². The van der Waals surface area contributed by atoms with Gasteiger partial charge in [0.15, 0.2) is 0 Å². The lowest BCUT2D eigenvalue weighted by Crippen LogP contribution is -2.09. The minimum Gasteiger partial charge on any atom is -0.298 e. The van der Waals surface area contributed by atoms with Gasteiger partial charge in [-0.2, -0.15) is 26.3 Å². The molecule has 0 fully saturated rings. The van der Waals surface area contributed by atoms with Gasteiger partial charge < -0.3 is 0 Å². The van der Waals surface area contributed by atoms with E-state index < -0.39 is 54.9 Å². The number of ketones is 1. The zero-order valence-electron chi connectivity index (χ0n) is 10.2. The molecule has 0 aliphatic rings. The number of benzene rings is 1. The van der Waals surface area contributed by atoms with Crippen LogP contribution in [0, 0.1) is 0 Å². The third-order valence-electron chi connectivity index (χ3n) is 2.09. The van der Waals surface area contributed by atoms with Crippen molar-refractivity contribution in [2.75, 3.05) is 0 Å². The number of hydrogen-bond acceptors (Lipinski definition) is 3. The van der Waals surface area contributed by atoms with E-state index in [0.29, 0.717) is 0 Å². The molecule has 1 aromatic rings. The van der Waals surface area contributed by atoms with Gasteiger partial charge in [0.05, 0.1) is 4.83 Å². The Bertz CT molecular complexity index is 494. The fourth-order valence-corrected chi connectivity index (χ4v) is 3.73. The summed E-state index contributed by atoms with van der Waals surface area (Å²) in [6.45, 7) is 1.08. The SMILES string of the molecule is CC(=O)C(Br)c1c(SC(F)(F)F)cccc1SC(F)(F)F. The van der Waals surface area contributed by atoms with Crippen LogP contribution in [0.5, 0.6) is 0 Å². The molecule has 1 aromatic carbocycles. The largest absolute Gasteiger partial charge is 0.446 e. The summed E-state index contributed by atoms with van der Waals surface area (Å²) in [6, 6.07) is 3.15. The molecule has 118 valence electrons. The van der Waals surface area contributed by atoms with Crippen molar-refractivity contribution >= 4 is 45.2 Å². The van der Waals surface area contributed by atoms with Crippen molar-refractivity contribution in [3.63, 3.8) is 0 Å². The van der Waals surface area contributed by atoms with Crippen LogP contribution in [0.15, 0.2) is 28.0 Å². The summed E-state index contributed by atoms with van der Waals surface area (Å²) in [7, 11) is 0. The molecule has 10 heteroatoms. The molecule has 0 aliphatic heterocycles. The maximum atomic E-state index is 12.5. The van der Waals surface area contributed by atoms with Gasteiger partial charge in [0, 0.05) is 15.4 Å². The molecular formula is C11H7BrF6OS2. The highest BCUT2D eigenvalue weighted by Crippen LogP contribution is 2.48. The van der Waals surface area contributed by atoms with Crippen molar-refractivity contribution in [3.8, 4) is 0 Å². The first-order valence-electron chi connectivity index (χ1n) is 5.19. The number of carbonyl (C=O) groups excluding carboxylic acids is 1. The summed E-state index contributed by atoms with van der Waals surface area (Å²) in [4.78, 5) is 9.24. The molecule has 1 nitrogen and oxygen atoms in total. The second-order valence-corrected chi connectivity index (χ2v) is 6.87. The molecule has 0 spiro atoms. The second kappa shape index (κ2) is 6.82. The molecule has 0 aromatic heterocycles. The van der Waals surface area contributed by atoms with Crippen molar-refractivity contribution in [2.24, 2.45) is 0 Å². The Hall–Kier alpha value is -0.350. The molecule has 0 amide bonds. The molecule has 1 rings (SSSR count). The molecule has 0 bridgehead atoms. The number of rotatable bonds is 4. The van der Waals surface area contributed by atoms with Crippen LogP contribution >= 0.6 is 39.5 Å². The number of alkyl halides is 7. The maximum Gasteiger partial charge on any atom is 0.446 e. The summed E-state index contributed by atoms with van der Waals surface area (Å²) in [6.07, 6.45) is 0. The van der Waals surface area contributed by atoms with Gasteiger partial charge in [-0.15, -0.1) is 0 Å². The monoisotopic (exact) mass is 412 g/mol. The standard InChI is InChI=1S/C11H7BrF6OS2/c1-5(19)9(12)8-6(20-10(13,14)15)3-2-4-7(8)21-11(16,17)18/h2-4,9H,1H3. The molecular weight excluding hydrogens is 406 g/mol. The first-order valence-corrected chi connectivity index (χ1v) is 7.74. The predicted octanol–water partition coefficient (Wildman–Crippen LogP) is 5.94. The lowest BCUT2D eigenvalue weighted by Gasteiger charge is -2.18. The number of thioether (sulfide) groups is 2. The normalized spacial score (nSPS) is 14.1. The van der Waals surface area contributed by atoms with Gasteiger partial charge in [-0.3, -0.25) is 4.79 Å². The van der Waals surface area contributed by atoms with Crippen molar-refractivity contribution in [3.05, 3.63) is 23.8 Å². The van der Waals surface area contributed by atoms with E-state index in [1.54, 1.807) is 0 Å². The van der Waals surface area contributed by atoms with Crippen molar-refractivity contribution in [1.29, 1.82) is 0 Å². The summed E-state index contributed by atoms with van der Waals surface area (Å²) in [5, 5.41) is 0. The Morgan fingerprint density at radius 1 is 1.05 bits per heavy atom. The lowest BCUT2D eigenvalue weighted by atomic mass is 10.1. The molecule has 1 atom stereocenters. The van der Waals surface area contributed by atoms with Gasteiger partial charge in [0.2, 0.25) is 0 Å². The van der Waals surface area contributed by atoms with E-state index in [1.165, 1.54) is 0 Å². The average molecular weight is 413 g/mol. The Balaban J connectivity index is 3.37. The highest BCUT2D eigenvalue weighted by Gasteiger charge is 2.36. The van der Waals surface area contributed by atoms with E-state index in [4.69, 9.17) is 0 Å². The van der Waals surface area contributed by atoms with Crippen LogP contribution in [0.4, 0.5) is 26.3 Å². The fraction of sp³-hybridized carbons (Fsp3) is 0.364. The summed E-state index contributed by atoms with van der Waals surface area (Å²) >= 11 is 1.76. The molecule has 21 heavy (non-hydrogen) atoms. The fourth-order valence-electron chi connectivity index (χ4n) is 1.40. The third-order valence-corrected chi connectivity index (χ3v) is 4.81. The van der Waals surface area contributed by atoms with E-state index in [1.807, 2.05) is 0 Å². The molecule has 0 saturated heterocycles. The van der Waals surface area contributed by atoms with Gasteiger partial charge in [0.25, 0.3) is 0 Å². The first kappa shape index (κ1) is 18.7. The summed E-state index contributed by atoms with van der Waals surface area (Å²) in [5.41, 5.74) is -9.66. The Morgan fingerprint density at radius 3 is 1.71 bits per heavy atom. The third kappa shape index (κ3) is 6.11. The number of halogens is 7. The smallest absolute Gasteiger partial charge is 0.298 e. The van der Waals surface area contributed by atoms with Crippen LogP contribution < -0.4 is 0 Å². The molecule has 0 N–H and O–H groups in total. The minimum absolute atomic E-state index is 0.324. The molecule has 0 heterocycles. The topological polar surface area (TPSA) is 17.1 Å². The van der Waals surface area contributed by atoms with Crippen LogP contribution in [-0.4, -0.2) is 16.8 Å². The van der Waals surface area contributed by atoms with Gasteiger partial charge in [-0.1, -0.05) is 22.0 Å². The van der Waals surface area contributed by atoms with Gasteiger partial charge in [-0.05, 0) is 42.6 Å². The van der Waals surface area contributed by atoms with Crippen molar-refractivity contribution < 1.29 is 31.1 Å². The molecule has 0 radical (unpaired) electrons. The summed E-state index contributed by atoms with van der Waals surface area (Å²) < 4.78 is 74.9.